The van der Waals surface area contributed by atoms with Crippen molar-refractivity contribution in [3.05, 3.63) is 12.2 Å². The van der Waals surface area contributed by atoms with Crippen LogP contribution in [0.5, 0.6) is 0 Å². The molecule has 1 N–H and O–H groups in total. The van der Waals surface area contributed by atoms with Crippen LogP contribution in [0, 0.1) is 11.8 Å². The summed E-state index contributed by atoms with van der Waals surface area (Å²) in [5, 5.41) is 9.33. The van der Waals surface area contributed by atoms with Gasteiger partial charge in [-0.15, -0.1) is 0 Å². The lowest BCUT2D eigenvalue weighted by Gasteiger charge is -2.29. The van der Waals surface area contributed by atoms with E-state index in [0.717, 1.165) is 4.90 Å². The van der Waals surface area contributed by atoms with Crippen molar-refractivity contribution in [1.82, 2.24) is 4.90 Å². The van der Waals surface area contributed by atoms with Crippen LogP contribution in [0.15, 0.2) is 12.2 Å². The SMILES string of the molecule is C[C@H](C[C@@H](C(=O)O)N(C)C(=O)/C=C/C[C@H](C)C(Cl)(Cl)Cl)C(Cl)(Cl)Cl. The van der Waals surface area contributed by atoms with E-state index in [1.807, 2.05) is 0 Å². The lowest BCUT2D eigenvalue weighted by Crippen LogP contribution is -2.43. The Morgan fingerprint density at radius 1 is 1.04 bits per heavy atom. The second kappa shape index (κ2) is 9.94. The average Bonchev–Trinajstić information content (AvgIpc) is 2.40. The van der Waals surface area contributed by atoms with Gasteiger partial charge in [-0.1, -0.05) is 89.5 Å². The zero-order valence-corrected chi connectivity index (χ0v) is 17.8. The number of aliphatic carboxylic acids is 1. The maximum atomic E-state index is 12.1. The largest absolute Gasteiger partial charge is 0.480 e. The van der Waals surface area contributed by atoms with Gasteiger partial charge in [0.15, 0.2) is 7.59 Å². The first-order valence-corrected chi connectivity index (χ1v) is 9.24. The van der Waals surface area contributed by atoms with Crippen LogP contribution in [0.1, 0.15) is 26.7 Å². The van der Waals surface area contributed by atoms with Crippen molar-refractivity contribution < 1.29 is 14.7 Å². The Morgan fingerprint density at radius 3 is 1.88 bits per heavy atom. The molecule has 0 aromatic heterocycles. The molecule has 0 aliphatic rings. The monoisotopic (exact) mass is 459 g/mol. The van der Waals surface area contributed by atoms with Gasteiger partial charge in [-0.2, -0.15) is 0 Å². The molecule has 0 spiro atoms. The molecule has 0 unspecified atom stereocenters. The first-order chi connectivity index (χ1) is 10.7. The van der Waals surface area contributed by atoms with Gasteiger partial charge in [0, 0.05) is 18.9 Å². The van der Waals surface area contributed by atoms with Crippen LogP contribution in [-0.4, -0.2) is 42.6 Å². The quantitative estimate of drug-likeness (QED) is 0.416. The molecule has 3 atom stereocenters. The maximum absolute atomic E-state index is 12.1. The molecule has 0 heterocycles. The highest BCUT2D eigenvalue weighted by atomic mass is 35.6. The Hall–Kier alpha value is 0.420. The lowest BCUT2D eigenvalue weighted by atomic mass is 10.0. The first-order valence-electron chi connectivity index (χ1n) is 6.97. The molecule has 0 saturated carbocycles. The van der Waals surface area contributed by atoms with Gasteiger partial charge in [-0.05, 0) is 18.9 Å². The van der Waals surface area contributed by atoms with Crippen molar-refractivity contribution in [2.75, 3.05) is 7.05 Å². The van der Waals surface area contributed by atoms with Crippen molar-refractivity contribution >= 4 is 81.5 Å². The number of nitrogens with zero attached hydrogens (tertiary/aromatic N) is 1. The number of carbonyl (C=O) groups excluding carboxylic acids is 1. The third-order valence-electron chi connectivity index (χ3n) is 3.54. The van der Waals surface area contributed by atoms with Crippen LogP contribution in [-0.2, 0) is 9.59 Å². The van der Waals surface area contributed by atoms with Crippen molar-refractivity contribution in [2.45, 2.75) is 40.3 Å². The van der Waals surface area contributed by atoms with E-state index >= 15 is 0 Å². The fraction of sp³-hybridized carbons (Fsp3) is 0.714. The zero-order chi connectivity index (χ0) is 19.3. The predicted octanol–water partition coefficient (Wildman–Crippen LogP) is 5.25. The third kappa shape index (κ3) is 8.68. The molecule has 0 aromatic carbocycles. The van der Waals surface area contributed by atoms with E-state index in [1.54, 1.807) is 13.8 Å². The Bertz CT molecular complexity index is 472. The van der Waals surface area contributed by atoms with Gasteiger partial charge in [-0.3, -0.25) is 4.79 Å². The van der Waals surface area contributed by atoms with Crippen molar-refractivity contribution in [1.29, 1.82) is 0 Å². The van der Waals surface area contributed by atoms with Gasteiger partial charge in [-0.25, -0.2) is 4.79 Å². The van der Waals surface area contributed by atoms with Gasteiger partial charge in [0.05, 0.1) is 0 Å². The summed E-state index contributed by atoms with van der Waals surface area (Å²) in [4.78, 5) is 24.6. The summed E-state index contributed by atoms with van der Waals surface area (Å²) >= 11 is 34.5. The molecular weight excluding hydrogens is 443 g/mol. The molecule has 140 valence electrons. The van der Waals surface area contributed by atoms with Gasteiger partial charge < -0.3 is 10.0 Å². The molecule has 0 radical (unpaired) electrons. The first kappa shape index (κ1) is 24.4. The topological polar surface area (TPSA) is 57.6 Å². The van der Waals surface area contributed by atoms with E-state index in [1.165, 1.54) is 19.2 Å². The molecular formula is C14H19Cl6NO3. The van der Waals surface area contributed by atoms with Crippen molar-refractivity contribution in [2.24, 2.45) is 11.8 Å². The second-order valence-corrected chi connectivity index (χ2v) is 10.3. The number of likely N-dealkylation sites (N-methyl/N-ethyl adjacent to an activating group) is 1. The molecule has 10 heteroatoms. The summed E-state index contributed by atoms with van der Waals surface area (Å²) < 4.78 is -3.06. The number of allylic oxidation sites excluding steroid dienone is 1. The van der Waals surface area contributed by atoms with Crippen LogP contribution >= 0.6 is 69.6 Å². The number of hydrogen-bond acceptors (Lipinski definition) is 2. The van der Waals surface area contributed by atoms with Crippen LogP contribution in [0.25, 0.3) is 0 Å². The highest BCUT2D eigenvalue weighted by Gasteiger charge is 2.35. The number of rotatable bonds is 7. The molecule has 0 bridgehead atoms. The summed E-state index contributed by atoms with van der Waals surface area (Å²) in [6.07, 6.45) is 3.11. The van der Waals surface area contributed by atoms with E-state index in [0.29, 0.717) is 6.42 Å². The average molecular weight is 462 g/mol. The molecule has 0 aromatic rings. The number of carbonyl (C=O) groups is 2. The molecule has 0 saturated heterocycles. The van der Waals surface area contributed by atoms with E-state index in [9.17, 15) is 14.7 Å². The highest BCUT2D eigenvalue weighted by Crippen LogP contribution is 2.38. The molecule has 0 aliphatic heterocycles. The molecule has 0 aliphatic carbocycles. The smallest absolute Gasteiger partial charge is 0.326 e. The molecule has 1 amide bonds. The van der Waals surface area contributed by atoms with Crippen LogP contribution in [0.3, 0.4) is 0 Å². The zero-order valence-electron chi connectivity index (χ0n) is 13.3. The Labute approximate surface area is 171 Å². The number of carboxylic acid groups (broad SMARTS) is 1. The second-order valence-electron chi connectivity index (χ2n) is 5.56. The van der Waals surface area contributed by atoms with Crippen LogP contribution < -0.4 is 0 Å². The number of amides is 1. The molecule has 0 rings (SSSR count). The van der Waals surface area contributed by atoms with Gasteiger partial charge >= 0.3 is 5.97 Å². The summed E-state index contributed by atoms with van der Waals surface area (Å²) in [6, 6.07) is -1.13. The number of halogens is 6. The van der Waals surface area contributed by atoms with Crippen molar-refractivity contribution in [3.63, 3.8) is 0 Å². The van der Waals surface area contributed by atoms with E-state index < -0.39 is 31.4 Å². The normalized spacial score (nSPS) is 16.7. The minimum absolute atomic E-state index is 0.00747. The predicted molar refractivity (Wildman–Crippen MR) is 101 cm³/mol. The van der Waals surface area contributed by atoms with E-state index in [2.05, 4.69) is 0 Å². The Balaban J connectivity index is 4.90. The third-order valence-corrected chi connectivity index (χ3v) is 5.78. The molecule has 24 heavy (non-hydrogen) atoms. The molecule has 4 nitrogen and oxygen atoms in total. The van der Waals surface area contributed by atoms with Gasteiger partial charge in [0.25, 0.3) is 0 Å². The molecule has 0 fully saturated rings. The minimum Gasteiger partial charge on any atom is -0.480 e. The lowest BCUT2D eigenvalue weighted by molar-refractivity contribution is -0.148. The number of alkyl halides is 6. The van der Waals surface area contributed by atoms with E-state index in [-0.39, 0.29) is 12.3 Å². The minimum atomic E-state index is -1.62. The fourth-order valence-corrected chi connectivity index (χ4v) is 2.21. The Morgan fingerprint density at radius 2 is 1.50 bits per heavy atom. The number of carboxylic acids is 1. The number of hydrogen-bond donors (Lipinski definition) is 1. The summed E-state index contributed by atoms with van der Waals surface area (Å²) in [7, 11) is 1.37. The van der Waals surface area contributed by atoms with Gasteiger partial charge in [0.1, 0.15) is 6.04 Å². The summed E-state index contributed by atoms with van der Waals surface area (Å²) in [6.45, 7) is 3.31. The summed E-state index contributed by atoms with van der Waals surface area (Å²) in [5.74, 6) is -2.56. The Kier molecular flexibility index (Phi) is 10.1. The van der Waals surface area contributed by atoms with E-state index in [4.69, 9.17) is 69.6 Å². The highest BCUT2D eigenvalue weighted by molar-refractivity contribution is 6.68. The van der Waals surface area contributed by atoms with Crippen LogP contribution in [0.4, 0.5) is 0 Å². The fourth-order valence-electron chi connectivity index (χ4n) is 1.67. The van der Waals surface area contributed by atoms with Crippen molar-refractivity contribution in [3.8, 4) is 0 Å². The summed E-state index contributed by atoms with van der Waals surface area (Å²) in [5.41, 5.74) is 0. The van der Waals surface area contributed by atoms with Gasteiger partial charge in [0.2, 0.25) is 5.91 Å². The maximum Gasteiger partial charge on any atom is 0.326 e. The van der Waals surface area contributed by atoms with Crippen LogP contribution in [0.2, 0.25) is 0 Å². The standard InChI is InChI=1S/C14H19Cl6NO3/c1-8(13(15,16)17)5-4-6-11(22)21(3)10(12(23)24)7-9(2)14(18,19)20/h4,6,8-10H,5,7H2,1-3H3,(H,23,24)/b6-4+/t8-,9+,10-/m0/s1.